The Balaban J connectivity index is 1.49. The summed E-state index contributed by atoms with van der Waals surface area (Å²) < 4.78 is 42.5. The Morgan fingerprint density at radius 1 is 1.24 bits per heavy atom. The molecule has 0 aliphatic carbocycles. The molecule has 29 heavy (non-hydrogen) atoms. The van der Waals surface area contributed by atoms with Crippen LogP contribution in [0.3, 0.4) is 0 Å². The molecule has 1 fully saturated rings. The Bertz CT molecular complexity index is 1120. The third kappa shape index (κ3) is 4.07. The summed E-state index contributed by atoms with van der Waals surface area (Å²) in [6.45, 7) is 0.892. The number of anilines is 1. The first-order valence-corrected chi connectivity index (χ1v) is 11.4. The van der Waals surface area contributed by atoms with Crippen LogP contribution in [0.15, 0.2) is 53.8 Å². The minimum atomic E-state index is -3.65. The molecular formula is C18H18FN5O3S2. The van der Waals surface area contributed by atoms with E-state index in [9.17, 15) is 17.6 Å². The summed E-state index contributed by atoms with van der Waals surface area (Å²) >= 11 is 1.71. The number of aromatic amines is 1. The number of halogens is 1. The lowest BCUT2D eigenvalue weighted by Gasteiger charge is -2.24. The summed E-state index contributed by atoms with van der Waals surface area (Å²) in [4.78, 5) is 15.2. The number of carbonyl (C=O) groups is 1. The largest absolute Gasteiger partial charge is 0.356 e. The monoisotopic (exact) mass is 435 g/mol. The predicted molar refractivity (Wildman–Crippen MR) is 108 cm³/mol. The van der Waals surface area contributed by atoms with E-state index in [1.54, 1.807) is 30.1 Å². The van der Waals surface area contributed by atoms with Crippen LogP contribution in [-0.4, -0.2) is 58.0 Å². The van der Waals surface area contributed by atoms with Gasteiger partial charge in [-0.15, -0.1) is 0 Å². The van der Waals surface area contributed by atoms with Crippen molar-refractivity contribution >= 4 is 33.4 Å². The van der Waals surface area contributed by atoms with Gasteiger partial charge < -0.3 is 10.3 Å². The van der Waals surface area contributed by atoms with Gasteiger partial charge in [0.25, 0.3) is 5.91 Å². The van der Waals surface area contributed by atoms with Crippen molar-refractivity contribution in [2.45, 2.75) is 4.90 Å². The van der Waals surface area contributed by atoms with E-state index >= 15 is 0 Å². The highest BCUT2D eigenvalue weighted by Crippen LogP contribution is 2.22. The van der Waals surface area contributed by atoms with Gasteiger partial charge in [-0.25, -0.2) is 17.5 Å². The standard InChI is InChI=1S/C18H18FN5O3S2/c19-15-10-13(2-3-17(15)24-5-1-4-21-24)22-18(25)16-11-14(12-20-16)29(26,27)23-6-8-28-9-7-23/h1-5,10-12,20H,6-9H2,(H,22,25). The van der Waals surface area contributed by atoms with Gasteiger partial charge in [0, 0.05) is 48.9 Å². The predicted octanol–water partition coefficient (Wildman–Crippen LogP) is 2.33. The Morgan fingerprint density at radius 2 is 2.03 bits per heavy atom. The molecule has 1 aliphatic heterocycles. The molecule has 1 saturated heterocycles. The smallest absolute Gasteiger partial charge is 0.272 e. The first-order chi connectivity index (χ1) is 13.9. The molecule has 0 spiro atoms. The zero-order valence-electron chi connectivity index (χ0n) is 15.2. The van der Waals surface area contributed by atoms with Crippen LogP contribution in [0.1, 0.15) is 10.5 Å². The molecule has 11 heteroatoms. The van der Waals surface area contributed by atoms with Gasteiger partial charge in [-0.2, -0.15) is 21.2 Å². The van der Waals surface area contributed by atoms with Gasteiger partial charge >= 0.3 is 0 Å². The van der Waals surface area contributed by atoms with Crippen molar-refractivity contribution in [3.8, 4) is 5.69 Å². The van der Waals surface area contributed by atoms with Gasteiger partial charge in [0.2, 0.25) is 10.0 Å². The SMILES string of the molecule is O=C(Nc1ccc(-n2cccn2)c(F)c1)c1cc(S(=O)(=O)N2CCSCC2)c[nH]1. The summed E-state index contributed by atoms with van der Waals surface area (Å²) in [7, 11) is -3.65. The molecule has 0 atom stereocenters. The minimum absolute atomic E-state index is 0.0368. The lowest BCUT2D eigenvalue weighted by molar-refractivity contribution is 0.102. The van der Waals surface area contributed by atoms with E-state index in [1.807, 2.05) is 0 Å². The summed E-state index contributed by atoms with van der Waals surface area (Å²) in [6.07, 6.45) is 4.45. The third-order valence-corrected chi connectivity index (χ3v) is 7.28. The number of hydrogen-bond acceptors (Lipinski definition) is 5. The molecule has 0 radical (unpaired) electrons. The number of aromatic nitrogens is 3. The minimum Gasteiger partial charge on any atom is -0.356 e. The average Bonchev–Trinajstić information content (AvgIpc) is 3.41. The molecular weight excluding hydrogens is 417 g/mol. The van der Waals surface area contributed by atoms with Crippen molar-refractivity contribution in [1.82, 2.24) is 19.1 Å². The second-order valence-electron chi connectivity index (χ2n) is 6.34. The summed E-state index contributed by atoms with van der Waals surface area (Å²) in [5.74, 6) is 0.380. The van der Waals surface area contributed by atoms with Crippen LogP contribution in [0, 0.1) is 5.82 Å². The topological polar surface area (TPSA) is 100 Å². The number of nitrogens with one attached hydrogen (secondary N) is 2. The number of hydrogen-bond donors (Lipinski definition) is 2. The van der Waals surface area contributed by atoms with E-state index < -0.39 is 21.7 Å². The summed E-state index contributed by atoms with van der Waals surface area (Å²) in [6, 6.07) is 7.19. The molecule has 3 heterocycles. The first-order valence-electron chi connectivity index (χ1n) is 8.82. The maximum Gasteiger partial charge on any atom is 0.272 e. The third-order valence-electron chi connectivity index (χ3n) is 4.47. The van der Waals surface area contributed by atoms with Gasteiger partial charge in [0.15, 0.2) is 5.82 Å². The fourth-order valence-corrected chi connectivity index (χ4v) is 5.54. The van der Waals surface area contributed by atoms with Crippen LogP contribution >= 0.6 is 11.8 Å². The summed E-state index contributed by atoms with van der Waals surface area (Å²) in [5.41, 5.74) is 0.572. The molecule has 0 unspecified atom stereocenters. The highest BCUT2D eigenvalue weighted by Gasteiger charge is 2.27. The van der Waals surface area contributed by atoms with Crippen molar-refractivity contribution in [3.05, 3.63) is 60.4 Å². The van der Waals surface area contributed by atoms with E-state index in [4.69, 9.17) is 0 Å². The van der Waals surface area contributed by atoms with Crippen molar-refractivity contribution in [2.75, 3.05) is 29.9 Å². The number of benzene rings is 1. The second-order valence-corrected chi connectivity index (χ2v) is 9.50. The Labute approximate surface area is 171 Å². The van der Waals surface area contributed by atoms with E-state index in [0.29, 0.717) is 13.1 Å². The number of amides is 1. The maximum atomic E-state index is 14.3. The van der Waals surface area contributed by atoms with Crippen LogP contribution in [-0.2, 0) is 10.0 Å². The zero-order chi connectivity index (χ0) is 20.4. The number of H-pyrrole nitrogens is 1. The van der Waals surface area contributed by atoms with Crippen LogP contribution < -0.4 is 5.32 Å². The van der Waals surface area contributed by atoms with Crippen LogP contribution in [0.2, 0.25) is 0 Å². The fourth-order valence-electron chi connectivity index (χ4n) is 2.97. The van der Waals surface area contributed by atoms with Gasteiger partial charge in [0.1, 0.15) is 16.3 Å². The average molecular weight is 436 g/mol. The molecule has 1 amide bonds. The number of sulfonamides is 1. The number of nitrogens with zero attached hydrogens (tertiary/aromatic N) is 3. The van der Waals surface area contributed by atoms with E-state index in [0.717, 1.165) is 11.5 Å². The summed E-state index contributed by atoms with van der Waals surface area (Å²) in [5, 5.41) is 6.54. The van der Waals surface area contributed by atoms with Crippen molar-refractivity contribution in [3.63, 3.8) is 0 Å². The number of thioether (sulfide) groups is 1. The van der Waals surface area contributed by atoms with Gasteiger partial charge in [0.05, 0.1) is 0 Å². The first kappa shape index (κ1) is 19.7. The molecule has 2 N–H and O–H groups in total. The van der Waals surface area contributed by atoms with Gasteiger partial charge in [-0.1, -0.05) is 0 Å². The van der Waals surface area contributed by atoms with Crippen LogP contribution in [0.25, 0.3) is 5.69 Å². The highest BCUT2D eigenvalue weighted by molar-refractivity contribution is 7.99. The maximum absolute atomic E-state index is 14.3. The van der Waals surface area contributed by atoms with Crippen LogP contribution in [0.5, 0.6) is 0 Å². The molecule has 8 nitrogen and oxygen atoms in total. The zero-order valence-corrected chi connectivity index (χ0v) is 16.8. The quantitative estimate of drug-likeness (QED) is 0.641. The van der Waals surface area contributed by atoms with Gasteiger partial charge in [-0.05, 0) is 30.3 Å². The molecule has 1 aliphatic rings. The lowest BCUT2D eigenvalue weighted by Crippen LogP contribution is -2.37. The van der Waals surface area contributed by atoms with Gasteiger partial charge in [-0.3, -0.25) is 4.79 Å². The Morgan fingerprint density at radius 3 is 2.72 bits per heavy atom. The van der Waals surface area contributed by atoms with Crippen molar-refractivity contribution < 1.29 is 17.6 Å². The van der Waals surface area contributed by atoms with Crippen molar-refractivity contribution in [2.24, 2.45) is 0 Å². The molecule has 0 bridgehead atoms. The van der Waals surface area contributed by atoms with Crippen LogP contribution in [0.4, 0.5) is 10.1 Å². The molecule has 0 saturated carbocycles. The second kappa shape index (κ2) is 8.01. The molecule has 3 aromatic rings. The molecule has 4 rings (SSSR count). The lowest BCUT2D eigenvalue weighted by atomic mass is 10.2. The fraction of sp³-hybridized carbons (Fsp3) is 0.222. The Hall–Kier alpha value is -2.63. The number of rotatable bonds is 5. The van der Waals surface area contributed by atoms with E-state index in [-0.39, 0.29) is 22.0 Å². The normalized spacial score (nSPS) is 15.3. The molecule has 1 aromatic carbocycles. The molecule has 2 aromatic heterocycles. The highest BCUT2D eigenvalue weighted by atomic mass is 32.2. The Kier molecular flexibility index (Phi) is 5.43. The van der Waals surface area contributed by atoms with E-state index in [2.05, 4.69) is 15.4 Å². The molecule has 152 valence electrons. The van der Waals surface area contributed by atoms with E-state index in [1.165, 1.54) is 39.6 Å². The van der Waals surface area contributed by atoms with Crippen molar-refractivity contribution in [1.29, 1.82) is 0 Å². The number of carbonyl (C=O) groups excluding carboxylic acids is 1.